The van der Waals surface area contributed by atoms with Crippen molar-refractivity contribution in [3.63, 3.8) is 0 Å². The Morgan fingerprint density at radius 3 is 2.70 bits per heavy atom. The topological polar surface area (TPSA) is 46.3 Å². The minimum Gasteiger partial charge on any atom is -0.341 e. The minimum absolute atomic E-state index is 0.0906. The molecule has 2 rings (SSSR count). The van der Waals surface area contributed by atoms with Gasteiger partial charge < -0.3 is 10.6 Å². The van der Waals surface area contributed by atoms with Crippen LogP contribution in [0.2, 0.25) is 0 Å². The summed E-state index contributed by atoms with van der Waals surface area (Å²) in [7, 11) is 1.62. The van der Waals surface area contributed by atoms with Crippen molar-refractivity contribution in [1.82, 2.24) is 4.90 Å². The molecular weight excluding hydrogens is 305 g/mol. The summed E-state index contributed by atoms with van der Waals surface area (Å²) in [4.78, 5) is 14.1. The molecule has 1 fully saturated rings. The summed E-state index contributed by atoms with van der Waals surface area (Å²) in [5.41, 5.74) is 5.46. The number of benzene rings is 1. The van der Waals surface area contributed by atoms with Crippen LogP contribution in [0.4, 0.5) is 13.2 Å². The first-order valence-corrected chi connectivity index (χ1v) is 7.81. The molecule has 0 radical (unpaired) electrons. The predicted molar refractivity (Wildman–Crippen MR) is 82.5 cm³/mol. The monoisotopic (exact) mass is 328 g/mol. The van der Waals surface area contributed by atoms with E-state index in [1.54, 1.807) is 13.1 Å². The Bertz CT molecular complexity index is 569. The number of rotatable bonds is 3. The quantitative estimate of drug-likeness (QED) is 0.922. The van der Waals surface area contributed by atoms with Crippen LogP contribution in [0.25, 0.3) is 0 Å². The van der Waals surface area contributed by atoms with Crippen molar-refractivity contribution in [3.8, 4) is 0 Å². The number of nitrogens with two attached hydrogens (primary N) is 1. The first kappa shape index (κ1) is 17.8. The van der Waals surface area contributed by atoms with Crippen LogP contribution in [0.15, 0.2) is 24.3 Å². The second-order valence-electron chi connectivity index (χ2n) is 6.70. The maximum atomic E-state index is 12.8. The van der Waals surface area contributed by atoms with Crippen molar-refractivity contribution in [2.45, 2.75) is 50.9 Å². The Hall–Kier alpha value is -1.56. The van der Waals surface area contributed by atoms with E-state index in [2.05, 4.69) is 0 Å². The van der Waals surface area contributed by atoms with E-state index in [-0.39, 0.29) is 18.4 Å². The molecule has 0 aromatic heterocycles. The highest BCUT2D eigenvalue weighted by Gasteiger charge is 2.39. The first-order valence-electron chi connectivity index (χ1n) is 7.81. The zero-order valence-electron chi connectivity index (χ0n) is 13.5. The van der Waals surface area contributed by atoms with Gasteiger partial charge in [-0.15, -0.1) is 0 Å². The van der Waals surface area contributed by atoms with Gasteiger partial charge in [-0.2, -0.15) is 13.2 Å². The summed E-state index contributed by atoms with van der Waals surface area (Å²) in [6, 6.07) is 5.08. The Balaban J connectivity index is 2.09. The van der Waals surface area contributed by atoms with Crippen LogP contribution in [-0.4, -0.2) is 23.4 Å². The lowest BCUT2D eigenvalue weighted by atomic mass is 9.74. The Morgan fingerprint density at radius 1 is 1.39 bits per heavy atom. The van der Waals surface area contributed by atoms with E-state index in [0.717, 1.165) is 37.8 Å². The van der Waals surface area contributed by atoms with Gasteiger partial charge in [-0.25, -0.2) is 0 Å². The molecule has 2 atom stereocenters. The summed E-state index contributed by atoms with van der Waals surface area (Å²) in [6.45, 7) is 2.03. The van der Waals surface area contributed by atoms with Gasteiger partial charge in [-0.1, -0.05) is 25.0 Å². The smallest absolute Gasteiger partial charge is 0.341 e. The Morgan fingerprint density at radius 2 is 2.09 bits per heavy atom. The molecular formula is C17H23F3N2O. The number of amides is 1. The van der Waals surface area contributed by atoms with Gasteiger partial charge >= 0.3 is 6.18 Å². The molecule has 1 aliphatic rings. The maximum Gasteiger partial charge on any atom is 0.416 e. The van der Waals surface area contributed by atoms with Crippen molar-refractivity contribution in [2.75, 3.05) is 7.05 Å². The first-order chi connectivity index (χ1) is 10.6. The molecule has 3 nitrogen and oxygen atoms in total. The number of nitrogens with zero attached hydrogens (tertiary/aromatic N) is 1. The summed E-state index contributed by atoms with van der Waals surface area (Å²) in [5, 5.41) is 0. The van der Waals surface area contributed by atoms with Gasteiger partial charge in [0.25, 0.3) is 0 Å². The van der Waals surface area contributed by atoms with E-state index < -0.39 is 17.3 Å². The number of hydrogen-bond acceptors (Lipinski definition) is 2. The fraction of sp³-hybridized carbons (Fsp3) is 0.588. The standard InChI is InChI=1S/C17H23F3N2O/c1-16(21)9-4-3-8-14(16)15(23)22(2)11-12-6-5-7-13(10-12)17(18,19)20/h5-7,10,14H,3-4,8-9,11,21H2,1-2H3. The van der Waals surface area contributed by atoms with Gasteiger partial charge in [-0.3, -0.25) is 4.79 Å². The highest BCUT2D eigenvalue weighted by molar-refractivity contribution is 5.80. The van der Waals surface area contributed by atoms with E-state index >= 15 is 0 Å². The third-order valence-corrected chi connectivity index (χ3v) is 4.60. The molecule has 1 aliphatic carbocycles. The number of alkyl halides is 3. The van der Waals surface area contributed by atoms with E-state index in [9.17, 15) is 18.0 Å². The molecule has 0 aliphatic heterocycles. The maximum absolute atomic E-state index is 12.8. The van der Waals surface area contributed by atoms with Gasteiger partial charge in [0.1, 0.15) is 0 Å². The highest BCUT2D eigenvalue weighted by Crippen LogP contribution is 2.33. The van der Waals surface area contributed by atoms with Crippen LogP contribution in [0, 0.1) is 5.92 Å². The van der Waals surface area contributed by atoms with Crippen molar-refractivity contribution in [3.05, 3.63) is 35.4 Å². The molecule has 0 saturated heterocycles. The molecule has 23 heavy (non-hydrogen) atoms. The molecule has 1 saturated carbocycles. The molecule has 1 aromatic carbocycles. The third-order valence-electron chi connectivity index (χ3n) is 4.60. The van der Waals surface area contributed by atoms with Gasteiger partial charge in [0, 0.05) is 19.1 Å². The Labute approximate surface area is 134 Å². The van der Waals surface area contributed by atoms with E-state index in [1.165, 1.54) is 11.0 Å². The molecule has 0 spiro atoms. The molecule has 6 heteroatoms. The van der Waals surface area contributed by atoms with E-state index in [4.69, 9.17) is 5.73 Å². The molecule has 128 valence electrons. The lowest BCUT2D eigenvalue weighted by Crippen LogP contribution is -2.53. The second kappa shape index (κ2) is 6.51. The highest BCUT2D eigenvalue weighted by atomic mass is 19.4. The van der Waals surface area contributed by atoms with E-state index in [1.807, 2.05) is 6.92 Å². The molecule has 2 unspecified atom stereocenters. The van der Waals surface area contributed by atoms with Gasteiger partial charge in [0.05, 0.1) is 11.5 Å². The number of hydrogen-bond donors (Lipinski definition) is 1. The van der Waals surface area contributed by atoms with Crippen molar-refractivity contribution < 1.29 is 18.0 Å². The van der Waals surface area contributed by atoms with Crippen LogP contribution in [-0.2, 0) is 17.5 Å². The zero-order chi connectivity index (χ0) is 17.3. The van der Waals surface area contributed by atoms with Crippen LogP contribution in [0.5, 0.6) is 0 Å². The van der Waals surface area contributed by atoms with Gasteiger partial charge in [0.2, 0.25) is 5.91 Å². The molecule has 0 bridgehead atoms. The van der Waals surface area contributed by atoms with Gasteiger partial charge in [0.15, 0.2) is 0 Å². The Kier molecular flexibility index (Phi) is 5.04. The number of carbonyl (C=O) groups is 1. The SMILES string of the molecule is CN(Cc1cccc(C(F)(F)F)c1)C(=O)C1CCCCC1(C)N. The van der Waals surface area contributed by atoms with E-state index in [0.29, 0.717) is 5.56 Å². The van der Waals surface area contributed by atoms with Crippen LogP contribution in [0.1, 0.15) is 43.7 Å². The largest absolute Gasteiger partial charge is 0.416 e. The lowest BCUT2D eigenvalue weighted by molar-refractivity contribution is -0.138. The second-order valence-corrected chi connectivity index (χ2v) is 6.70. The van der Waals surface area contributed by atoms with Crippen molar-refractivity contribution in [1.29, 1.82) is 0 Å². The molecule has 0 heterocycles. The van der Waals surface area contributed by atoms with Crippen LogP contribution < -0.4 is 5.73 Å². The zero-order valence-corrected chi connectivity index (χ0v) is 13.5. The van der Waals surface area contributed by atoms with Crippen molar-refractivity contribution >= 4 is 5.91 Å². The number of carbonyl (C=O) groups excluding carboxylic acids is 1. The lowest BCUT2D eigenvalue weighted by Gasteiger charge is -2.39. The summed E-state index contributed by atoms with van der Waals surface area (Å²) < 4.78 is 38.3. The fourth-order valence-corrected chi connectivity index (χ4v) is 3.23. The van der Waals surface area contributed by atoms with Gasteiger partial charge in [-0.05, 0) is 37.5 Å². The molecule has 1 aromatic rings. The molecule has 2 N–H and O–H groups in total. The summed E-state index contributed by atoms with van der Waals surface area (Å²) >= 11 is 0. The summed E-state index contributed by atoms with van der Waals surface area (Å²) in [5.74, 6) is -0.362. The van der Waals surface area contributed by atoms with Crippen molar-refractivity contribution in [2.24, 2.45) is 11.7 Å². The average molecular weight is 328 g/mol. The van der Waals surface area contributed by atoms with Crippen LogP contribution >= 0.6 is 0 Å². The average Bonchev–Trinajstić information content (AvgIpc) is 2.45. The third kappa shape index (κ3) is 4.25. The summed E-state index contributed by atoms with van der Waals surface area (Å²) in [6.07, 6.45) is -0.883. The normalized spacial score (nSPS) is 25.2. The number of halogens is 3. The van der Waals surface area contributed by atoms with Crippen LogP contribution in [0.3, 0.4) is 0 Å². The fourth-order valence-electron chi connectivity index (χ4n) is 3.23. The molecule has 1 amide bonds. The predicted octanol–water partition coefficient (Wildman–Crippen LogP) is 3.57. The minimum atomic E-state index is -4.38.